The van der Waals surface area contributed by atoms with Gasteiger partial charge in [0.1, 0.15) is 6.10 Å². The molecule has 2 amide bonds. The lowest BCUT2D eigenvalue weighted by Crippen LogP contribution is -2.39. The Balaban J connectivity index is 1.81. The summed E-state index contributed by atoms with van der Waals surface area (Å²) >= 11 is 0. The highest BCUT2D eigenvalue weighted by molar-refractivity contribution is 5.74. The number of pyridine rings is 1. The summed E-state index contributed by atoms with van der Waals surface area (Å²) in [5, 5.41) is 2.76. The van der Waals surface area contributed by atoms with Crippen LogP contribution >= 0.6 is 0 Å². The lowest BCUT2D eigenvalue weighted by atomic mass is 10.3. The normalized spacial score (nSPS) is 18.4. The lowest BCUT2D eigenvalue weighted by molar-refractivity contribution is 0.184. The van der Waals surface area contributed by atoms with Gasteiger partial charge in [-0.15, -0.1) is 6.58 Å². The highest BCUT2D eigenvalue weighted by Crippen LogP contribution is 2.15. The summed E-state index contributed by atoms with van der Waals surface area (Å²) in [5.41, 5.74) is 0. The molecule has 0 bridgehead atoms. The summed E-state index contributed by atoms with van der Waals surface area (Å²) in [6, 6.07) is 5.48. The largest absolute Gasteiger partial charge is 0.472 e. The molecule has 1 atom stereocenters. The lowest BCUT2D eigenvalue weighted by Gasteiger charge is -2.17. The van der Waals surface area contributed by atoms with E-state index in [-0.39, 0.29) is 12.1 Å². The van der Waals surface area contributed by atoms with E-state index in [2.05, 4.69) is 16.9 Å². The van der Waals surface area contributed by atoms with Crippen molar-refractivity contribution in [3.63, 3.8) is 0 Å². The first-order valence-electron chi connectivity index (χ1n) is 6.01. The van der Waals surface area contributed by atoms with Crippen LogP contribution in [-0.2, 0) is 0 Å². The average Bonchev–Trinajstić information content (AvgIpc) is 2.86. The predicted octanol–water partition coefficient (Wildman–Crippen LogP) is 1.43. The van der Waals surface area contributed by atoms with E-state index < -0.39 is 0 Å². The molecule has 2 heterocycles. The zero-order chi connectivity index (χ0) is 12.8. The van der Waals surface area contributed by atoms with Crippen molar-refractivity contribution in [2.75, 3.05) is 19.6 Å². The topological polar surface area (TPSA) is 54.5 Å². The van der Waals surface area contributed by atoms with E-state index in [1.807, 2.05) is 18.2 Å². The van der Waals surface area contributed by atoms with Crippen molar-refractivity contribution in [1.29, 1.82) is 0 Å². The van der Waals surface area contributed by atoms with Gasteiger partial charge in [-0.3, -0.25) is 0 Å². The van der Waals surface area contributed by atoms with Crippen LogP contribution in [0.1, 0.15) is 6.42 Å². The van der Waals surface area contributed by atoms with Crippen LogP contribution in [0.5, 0.6) is 5.88 Å². The number of carbonyl (C=O) groups excluding carboxylic acids is 1. The molecule has 0 aromatic carbocycles. The van der Waals surface area contributed by atoms with Gasteiger partial charge in [0.15, 0.2) is 0 Å². The molecule has 1 fully saturated rings. The maximum absolute atomic E-state index is 11.7. The van der Waals surface area contributed by atoms with Crippen molar-refractivity contribution in [2.24, 2.45) is 0 Å². The second-order valence-electron chi connectivity index (χ2n) is 4.12. The minimum absolute atomic E-state index is 0.0226. The van der Waals surface area contributed by atoms with E-state index in [9.17, 15) is 4.79 Å². The molecule has 1 saturated heterocycles. The number of rotatable bonds is 4. The highest BCUT2D eigenvalue weighted by Gasteiger charge is 2.27. The van der Waals surface area contributed by atoms with Crippen LogP contribution in [0.15, 0.2) is 37.1 Å². The van der Waals surface area contributed by atoms with E-state index >= 15 is 0 Å². The second kappa shape index (κ2) is 6.05. The molecule has 18 heavy (non-hydrogen) atoms. The molecule has 96 valence electrons. The number of hydrogen-bond donors (Lipinski definition) is 1. The zero-order valence-electron chi connectivity index (χ0n) is 10.2. The fraction of sp³-hybridized carbons (Fsp3) is 0.385. The summed E-state index contributed by atoms with van der Waals surface area (Å²) in [4.78, 5) is 17.6. The van der Waals surface area contributed by atoms with Crippen molar-refractivity contribution in [3.8, 4) is 5.88 Å². The SMILES string of the molecule is C=CCNC(=O)N1CCC(Oc2ccccn2)C1. The third-order valence-electron chi connectivity index (χ3n) is 2.76. The molecule has 0 aliphatic carbocycles. The van der Waals surface area contributed by atoms with Gasteiger partial charge in [-0.25, -0.2) is 9.78 Å². The monoisotopic (exact) mass is 247 g/mol. The third kappa shape index (κ3) is 3.23. The van der Waals surface area contributed by atoms with E-state index in [0.29, 0.717) is 25.5 Å². The maximum Gasteiger partial charge on any atom is 0.317 e. The van der Waals surface area contributed by atoms with E-state index in [1.54, 1.807) is 17.2 Å². The van der Waals surface area contributed by atoms with Crippen LogP contribution < -0.4 is 10.1 Å². The summed E-state index contributed by atoms with van der Waals surface area (Å²) < 4.78 is 5.71. The summed E-state index contributed by atoms with van der Waals surface area (Å²) in [5.74, 6) is 0.607. The summed E-state index contributed by atoms with van der Waals surface area (Å²) in [7, 11) is 0. The van der Waals surface area contributed by atoms with Crippen molar-refractivity contribution in [1.82, 2.24) is 15.2 Å². The Morgan fingerprint density at radius 1 is 1.67 bits per heavy atom. The van der Waals surface area contributed by atoms with E-state index in [4.69, 9.17) is 4.74 Å². The number of hydrogen-bond acceptors (Lipinski definition) is 3. The number of nitrogens with one attached hydrogen (secondary N) is 1. The number of amides is 2. The average molecular weight is 247 g/mol. The first-order valence-corrected chi connectivity index (χ1v) is 6.01. The number of likely N-dealkylation sites (tertiary alicyclic amines) is 1. The summed E-state index contributed by atoms with van der Waals surface area (Å²) in [6.45, 7) is 5.36. The van der Waals surface area contributed by atoms with Gasteiger partial charge in [0, 0.05) is 31.8 Å². The Bertz CT molecular complexity index is 408. The van der Waals surface area contributed by atoms with Gasteiger partial charge in [0.2, 0.25) is 5.88 Å². The Morgan fingerprint density at radius 2 is 2.56 bits per heavy atom. The predicted molar refractivity (Wildman–Crippen MR) is 68.4 cm³/mol. The molecule has 5 heteroatoms. The van der Waals surface area contributed by atoms with Crippen LogP contribution in [0.3, 0.4) is 0 Å². The molecule has 1 N–H and O–H groups in total. The molecule has 2 rings (SSSR count). The third-order valence-corrected chi connectivity index (χ3v) is 2.76. The zero-order valence-corrected chi connectivity index (χ0v) is 10.2. The van der Waals surface area contributed by atoms with Gasteiger partial charge >= 0.3 is 6.03 Å². The van der Waals surface area contributed by atoms with Crippen LogP contribution in [0.25, 0.3) is 0 Å². The van der Waals surface area contributed by atoms with Crippen LogP contribution in [0.4, 0.5) is 4.79 Å². The Kier molecular flexibility index (Phi) is 4.17. The number of urea groups is 1. The van der Waals surface area contributed by atoms with Crippen molar-refractivity contribution < 1.29 is 9.53 Å². The fourth-order valence-corrected chi connectivity index (χ4v) is 1.87. The van der Waals surface area contributed by atoms with Gasteiger partial charge in [0.05, 0.1) is 6.54 Å². The maximum atomic E-state index is 11.7. The number of nitrogens with zero attached hydrogens (tertiary/aromatic N) is 2. The number of aromatic nitrogens is 1. The first-order chi connectivity index (χ1) is 8.79. The molecule has 1 unspecified atom stereocenters. The van der Waals surface area contributed by atoms with Crippen molar-refractivity contribution in [3.05, 3.63) is 37.1 Å². The highest BCUT2D eigenvalue weighted by atomic mass is 16.5. The van der Waals surface area contributed by atoms with E-state index in [1.165, 1.54) is 0 Å². The number of carbonyl (C=O) groups is 1. The second-order valence-corrected chi connectivity index (χ2v) is 4.12. The van der Waals surface area contributed by atoms with Crippen LogP contribution in [0.2, 0.25) is 0 Å². The molecular formula is C13H17N3O2. The molecule has 1 aliphatic rings. The van der Waals surface area contributed by atoms with Gasteiger partial charge in [-0.1, -0.05) is 12.1 Å². The van der Waals surface area contributed by atoms with Gasteiger partial charge in [-0.05, 0) is 6.07 Å². The molecular weight excluding hydrogens is 230 g/mol. The standard InChI is InChI=1S/C13H17N3O2/c1-2-7-15-13(17)16-9-6-11(10-16)18-12-5-3-4-8-14-12/h2-5,8,11H,1,6-7,9-10H2,(H,15,17). The van der Waals surface area contributed by atoms with Gasteiger partial charge in [0.25, 0.3) is 0 Å². The molecule has 5 nitrogen and oxygen atoms in total. The summed E-state index contributed by atoms with van der Waals surface area (Å²) in [6.07, 6.45) is 4.21. The van der Waals surface area contributed by atoms with Gasteiger partial charge in [-0.2, -0.15) is 0 Å². The quantitative estimate of drug-likeness (QED) is 0.819. The number of ether oxygens (including phenoxy) is 1. The fourth-order valence-electron chi connectivity index (χ4n) is 1.87. The minimum atomic E-state index is -0.0676. The molecule has 1 aromatic rings. The Hall–Kier alpha value is -2.04. The van der Waals surface area contributed by atoms with Gasteiger partial charge < -0.3 is 15.0 Å². The molecule has 0 saturated carbocycles. The van der Waals surface area contributed by atoms with Crippen molar-refractivity contribution in [2.45, 2.75) is 12.5 Å². The molecule has 0 radical (unpaired) electrons. The van der Waals surface area contributed by atoms with Crippen LogP contribution in [0, 0.1) is 0 Å². The Labute approximate surface area is 106 Å². The van der Waals surface area contributed by atoms with E-state index in [0.717, 1.165) is 6.42 Å². The first kappa shape index (κ1) is 12.4. The van der Waals surface area contributed by atoms with Crippen LogP contribution in [-0.4, -0.2) is 41.7 Å². The smallest absolute Gasteiger partial charge is 0.317 e. The minimum Gasteiger partial charge on any atom is -0.472 e. The molecule has 1 aromatic heterocycles. The van der Waals surface area contributed by atoms with Crippen molar-refractivity contribution >= 4 is 6.03 Å². The molecule has 1 aliphatic heterocycles. The molecule has 0 spiro atoms. The Morgan fingerprint density at radius 3 is 3.28 bits per heavy atom.